The Morgan fingerprint density at radius 3 is 2.85 bits per heavy atom. The van der Waals surface area contributed by atoms with E-state index in [1.54, 1.807) is 6.07 Å². The fourth-order valence-electron chi connectivity index (χ4n) is 2.57. The van der Waals surface area contributed by atoms with Crippen molar-refractivity contribution in [1.29, 1.82) is 0 Å². The lowest BCUT2D eigenvalue weighted by Gasteiger charge is -2.19. The summed E-state index contributed by atoms with van der Waals surface area (Å²) >= 11 is 0. The third-order valence-electron chi connectivity index (χ3n) is 3.83. The van der Waals surface area contributed by atoms with Gasteiger partial charge in [-0.25, -0.2) is 4.39 Å². The first-order valence-corrected chi connectivity index (χ1v) is 7.43. The monoisotopic (exact) mass is 281 g/mol. The van der Waals surface area contributed by atoms with Gasteiger partial charge in [0.05, 0.1) is 18.8 Å². The van der Waals surface area contributed by atoms with Crippen molar-refractivity contribution in [2.45, 2.75) is 50.9 Å². The van der Waals surface area contributed by atoms with Crippen LogP contribution in [-0.2, 0) is 4.74 Å². The molecule has 2 N–H and O–H groups in total. The lowest BCUT2D eigenvalue weighted by molar-refractivity contribution is -0.00610. The predicted octanol–water partition coefficient (Wildman–Crippen LogP) is 2.80. The highest BCUT2D eigenvalue weighted by molar-refractivity contribution is 5.19. The fourth-order valence-corrected chi connectivity index (χ4v) is 2.57. The van der Waals surface area contributed by atoms with Gasteiger partial charge in [-0.15, -0.1) is 0 Å². The molecule has 2 rings (SSSR count). The van der Waals surface area contributed by atoms with Crippen molar-refractivity contribution in [1.82, 2.24) is 5.32 Å². The number of rotatable bonds is 7. The number of halogens is 1. The van der Waals surface area contributed by atoms with Gasteiger partial charge in [-0.3, -0.25) is 0 Å². The highest BCUT2D eigenvalue weighted by atomic mass is 19.1. The van der Waals surface area contributed by atoms with E-state index >= 15 is 0 Å². The molecule has 1 aliphatic rings. The Hall–Kier alpha value is -0.970. The first-order chi connectivity index (χ1) is 9.65. The van der Waals surface area contributed by atoms with Crippen LogP contribution >= 0.6 is 0 Å². The van der Waals surface area contributed by atoms with Gasteiger partial charge >= 0.3 is 0 Å². The van der Waals surface area contributed by atoms with Crippen LogP contribution in [-0.4, -0.2) is 30.5 Å². The summed E-state index contributed by atoms with van der Waals surface area (Å²) in [5, 5.41) is 13.1. The van der Waals surface area contributed by atoms with E-state index in [0.29, 0.717) is 19.3 Å². The van der Waals surface area contributed by atoms with Crippen LogP contribution in [0, 0.1) is 5.82 Å². The molecule has 1 aliphatic carbocycles. The minimum atomic E-state index is -0.522. The molecule has 0 aromatic heterocycles. The molecule has 2 unspecified atom stereocenters. The number of nitrogens with one attached hydrogen (secondary N) is 1. The number of benzene rings is 1. The summed E-state index contributed by atoms with van der Waals surface area (Å²) in [5.41, 5.74) is 0.883. The molecular formula is C16H24FNO2. The molecule has 0 saturated heterocycles. The number of hydrogen-bond donors (Lipinski definition) is 2. The molecule has 0 spiro atoms. The van der Waals surface area contributed by atoms with Gasteiger partial charge in [0, 0.05) is 12.6 Å². The molecule has 1 saturated carbocycles. The molecule has 0 amide bonds. The summed E-state index contributed by atoms with van der Waals surface area (Å²) in [5.74, 6) is -0.235. The van der Waals surface area contributed by atoms with Crippen molar-refractivity contribution in [3.05, 3.63) is 35.6 Å². The number of aliphatic hydroxyl groups excluding tert-OH is 1. The standard InChI is InChI=1S/C16H24FNO2/c1-12(13-5-4-6-14(17)9-13)18-10-15(19)11-20-16-7-2-3-8-16/h4-6,9,12,15-16,18-19H,2-3,7-8,10-11H2,1H3. The quantitative estimate of drug-likeness (QED) is 0.807. The summed E-state index contributed by atoms with van der Waals surface area (Å²) in [6, 6.07) is 6.52. The molecule has 0 heterocycles. The zero-order valence-corrected chi connectivity index (χ0v) is 12.0. The lowest BCUT2D eigenvalue weighted by atomic mass is 10.1. The summed E-state index contributed by atoms with van der Waals surface area (Å²) in [4.78, 5) is 0. The first-order valence-electron chi connectivity index (χ1n) is 7.43. The third-order valence-corrected chi connectivity index (χ3v) is 3.83. The summed E-state index contributed by atoms with van der Waals surface area (Å²) in [6.45, 7) is 2.78. The van der Waals surface area contributed by atoms with Crippen LogP contribution in [0.5, 0.6) is 0 Å². The molecule has 1 fully saturated rings. The van der Waals surface area contributed by atoms with Gasteiger partial charge in [-0.1, -0.05) is 25.0 Å². The van der Waals surface area contributed by atoms with E-state index in [-0.39, 0.29) is 11.9 Å². The minimum Gasteiger partial charge on any atom is -0.389 e. The molecule has 20 heavy (non-hydrogen) atoms. The maximum absolute atomic E-state index is 13.1. The topological polar surface area (TPSA) is 41.5 Å². The maximum Gasteiger partial charge on any atom is 0.123 e. The van der Waals surface area contributed by atoms with Crippen molar-refractivity contribution in [3.63, 3.8) is 0 Å². The fraction of sp³-hybridized carbons (Fsp3) is 0.625. The highest BCUT2D eigenvalue weighted by Crippen LogP contribution is 2.21. The molecule has 0 radical (unpaired) electrons. The van der Waals surface area contributed by atoms with E-state index in [2.05, 4.69) is 5.32 Å². The van der Waals surface area contributed by atoms with Gasteiger partial charge in [0.2, 0.25) is 0 Å². The second-order valence-electron chi connectivity index (χ2n) is 5.58. The second-order valence-corrected chi connectivity index (χ2v) is 5.58. The Morgan fingerprint density at radius 1 is 1.40 bits per heavy atom. The van der Waals surface area contributed by atoms with Gasteiger partial charge in [-0.05, 0) is 37.5 Å². The molecule has 0 bridgehead atoms. The minimum absolute atomic E-state index is 0.00632. The van der Waals surface area contributed by atoms with Crippen LogP contribution in [0.3, 0.4) is 0 Å². The first kappa shape index (κ1) is 15.4. The molecule has 2 atom stereocenters. The van der Waals surface area contributed by atoms with Gasteiger partial charge in [0.1, 0.15) is 5.82 Å². The maximum atomic E-state index is 13.1. The van der Waals surface area contributed by atoms with Crippen LogP contribution in [0.25, 0.3) is 0 Å². The van der Waals surface area contributed by atoms with E-state index in [9.17, 15) is 9.50 Å². The normalized spacial score (nSPS) is 19.1. The zero-order valence-electron chi connectivity index (χ0n) is 12.0. The van der Waals surface area contributed by atoms with Crippen LogP contribution in [0.15, 0.2) is 24.3 Å². The molecule has 3 nitrogen and oxygen atoms in total. The Labute approximate surface area is 120 Å². The Morgan fingerprint density at radius 2 is 2.15 bits per heavy atom. The van der Waals surface area contributed by atoms with E-state index in [0.717, 1.165) is 18.4 Å². The highest BCUT2D eigenvalue weighted by Gasteiger charge is 2.17. The predicted molar refractivity (Wildman–Crippen MR) is 77.0 cm³/mol. The molecule has 1 aromatic carbocycles. The summed E-state index contributed by atoms with van der Waals surface area (Å²) < 4.78 is 18.8. The molecule has 0 aliphatic heterocycles. The Bertz CT molecular complexity index is 407. The van der Waals surface area contributed by atoms with Gasteiger partial charge in [0.15, 0.2) is 0 Å². The van der Waals surface area contributed by atoms with Crippen molar-refractivity contribution >= 4 is 0 Å². The second kappa shape index (κ2) is 7.72. The largest absolute Gasteiger partial charge is 0.389 e. The van der Waals surface area contributed by atoms with Crippen LogP contribution in [0.2, 0.25) is 0 Å². The van der Waals surface area contributed by atoms with E-state index in [1.165, 1.54) is 25.0 Å². The van der Waals surface area contributed by atoms with Gasteiger partial charge in [-0.2, -0.15) is 0 Å². The third kappa shape index (κ3) is 4.85. The van der Waals surface area contributed by atoms with Crippen LogP contribution in [0.4, 0.5) is 4.39 Å². The van der Waals surface area contributed by atoms with Gasteiger partial charge in [0.25, 0.3) is 0 Å². The molecule has 1 aromatic rings. The average Bonchev–Trinajstić information content (AvgIpc) is 2.95. The van der Waals surface area contributed by atoms with Crippen LogP contribution < -0.4 is 5.32 Å². The average molecular weight is 281 g/mol. The Balaban J connectivity index is 1.68. The number of aliphatic hydroxyl groups is 1. The lowest BCUT2D eigenvalue weighted by Crippen LogP contribution is -2.33. The van der Waals surface area contributed by atoms with Crippen molar-refractivity contribution in [3.8, 4) is 0 Å². The van der Waals surface area contributed by atoms with Crippen LogP contribution in [0.1, 0.15) is 44.2 Å². The van der Waals surface area contributed by atoms with E-state index in [4.69, 9.17) is 4.74 Å². The Kier molecular flexibility index (Phi) is 5.95. The molecule has 4 heteroatoms. The zero-order chi connectivity index (χ0) is 14.4. The molecular weight excluding hydrogens is 257 g/mol. The van der Waals surface area contributed by atoms with Crippen molar-refractivity contribution in [2.75, 3.05) is 13.2 Å². The van der Waals surface area contributed by atoms with E-state index in [1.807, 2.05) is 13.0 Å². The summed E-state index contributed by atoms with van der Waals surface area (Å²) in [7, 11) is 0. The number of hydrogen-bond acceptors (Lipinski definition) is 3. The van der Waals surface area contributed by atoms with Crippen molar-refractivity contribution in [2.24, 2.45) is 0 Å². The summed E-state index contributed by atoms with van der Waals surface area (Å²) in [6.07, 6.45) is 4.49. The van der Waals surface area contributed by atoms with E-state index < -0.39 is 6.10 Å². The smallest absolute Gasteiger partial charge is 0.123 e. The number of ether oxygens (including phenoxy) is 1. The molecule has 112 valence electrons. The SMILES string of the molecule is CC(NCC(O)COC1CCCC1)c1cccc(F)c1. The van der Waals surface area contributed by atoms with Gasteiger partial charge < -0.3 is 15.2 Å². The van der Waals surface area contributed by atoms with Crippen molar-refractivity contribution < 1.29 is 14.2 Å².